The summed E-state index contributed by atoms with van der Waals surface area (Å²) >= 11 is 0. The maximum Gasteiger partial charge on any atom is 0.238 e. The Morgan fingerprint density at radius 1 is 0.939 bits per heavy atom. The average Bonchev–Trinajstić information content (AvgIpc) is 3.17. The Kier molecular flexibility index (Phi) is 4.88. The molecule has 5 atom stereocenters. The van der Waals surface area contributed by atoms with Gasteiger partial charge in [0.05, 0.1) is 25.4 Å². The second-order valence-corrected chi connectivity index (χ2v) is 8.50. The zero-order valence-corrected chi connectivity index (χ0v) is 17.8. The van der Waals surface area contributed by atoms with Crippen molar-refractivity contribution in [1.29, 1.82) is 0 Å². The molecule has 6 rings (SSSR count). The van der Waals surface area contributed by atoms with Crippen molar-refractivity contribution < 1.29 is 19.3 Å². The van der Waals surface area contributed by atoms with Gasteiger partial charge >= 0.3 is 0 Å². The Hall–Kier alpha value is -3.30. The summed E-state index contributed by atoms with van der Waals surface area (Å²) in [7, 11) is 0. The summed E-state index contributed by atoms with van der Waals surface area (Å²) in [4.78, 5) is 4.03. The van der Waals surface area contributed by atoms with Crippen molar-refractivity contribution in [3.05, 3.63) is 95.9 Å². The number of nitrogens with zero attached hydrogens (tertiary/aromatic N) is 3. The van der Waals surface area contributed by atoms with Crippen LogP contribution in [-0.2, 0) is 33.2 Å². The average molecular weight is 444 g/mol. The molecule has 0 spiro atoms. The van der Waals surface area contributed by atoms with Gasteiger partial charge in [-0.05, 0) is 23.3 Å². The summed E-state index contributed by atoms with van der Waals surface area (Å²) in [5.74, 6) is -1.47. The molecule has 1 saturated carbocycles. The van der Waals surface area contributed by atoms with E-state index >= 15 is 0 Å². The minimum Gasteiger partial charge on any atom is -0.382 e. The second-order valence-electron chi connectivity index (χ2n) is 8.50. The van der Waals surface area contributed by atoms with Gasteiger partial charge in [0.1, 0.15) is 23.6 Å². The Morgan fingerprint density at radius 3 is 2.30 bits per heavy atom. The first-order chi connectivity index (χ1) is 16.1. The normalized spacial score (nSPS) is 28.2. The van der Waals surface area contributed by atoms with Gasteiger partial charge in [-0.1, -0.05) is 60.7 Å². The third-order valence-electron chi connectivity index (χ3n) is 6.40. The number of ether oxygens (including phenoxy) is 3. The lowest BCUT2D eigenvalue weighted by Crippen LogP contribution is -2.44. The Balaban J connectivity index is 1.28. The summed E-state index contributed by atoms with van der Waals surface area (Å²) in [6.07, 6.45) is 0.287. The third-order valence-corrected chi connectivity index (χ3v) is 6.40. The molecule has 1 aliphatic carbocycles. The molecule has 0 radical (unpaired) electrons. The molecule has 3 heterocycles. The van der Waals surface area contributed by atoms with Gasteiger partial charge in [-0.25, -0.2) is 9.50 Å². The topological polar surface area (TPSA) is 104 Å². The molecule has 8 nitrogen and oxygen atoms in total. The standard InChI is InChI=1S/C25H24N4O4/c26-24-18-11-12-19(29(18)28-15-27-24)25(30)23(32-14-17-9-5-2-6-10-17)20-21(22(20)33-25)31-13-16-7-3-1-4-8-16/h1-12,15,20-23,30H,13-14H2,(H2,26,27,28)/t20?,21?,22-,23+,25?/m0/s1. The first-order valence-electron chi connectivity index (χ1n) is 10.9. The summed E-state index contributed by atoms with van der Waals surface area (Å²) in [6, 6.07) is 23.4. The maximum atomic E-state index is 11.8. The van der Waals surface area contributed by atoms with E-state index in [0.717, 1.165) is 11.1 Å². The molecule has 4 aromatic rings. The monoisotopic (exact) mass is 444 g/mol. The molecule has 1 aliphatic heterocycles. The van der Waals surface area contributed by atoms with Crippen molar-refractivity contribution in [2.24, 2.45) is 5.92 Å². The number of hydrogen-bond acceptors (Lipinski definition) is 7. The Bertz CT molecular complexity index is 1270. The number of nitrogens with two attached hydrogens (primary N) is 1. The number of hydrogen-bond donors (Lipinski definition) is 2. The van der Waals surface area contributed by atoms with E-state index in [-0.39, 0.29) is 18.1 Å². The summed E-state index contributed by atoms with van der Waals surface area (Å²) in [6.45, 7) is 0.815. The lowest BCUT2D eigenvalue weighted by Gasteiger charge is -2.32. The smallest absolute Gasteiger partial charge is 0.238 e. The SMILES string of the molecule is Nc1ncnn2c(C3(O)O[C@@H]4C(OCc5ccccc5)C4[C@H]3OCc3ccccc3)ccc12. The number of aromatic nitrogens is 3. The molecule has 2 aromatic heterocycles. The van der Waals surface area contributed by atoms with Gasteiger partial charge in [0.2, 0.25) is 5.79 Å². The van der Waals surface area contributed by atoms with E-state index < -0.39 is 11.9 Å². The minimum absolute atomic E-state index is 0.104. The zero-order valence-electron chi connectivity index (χ0n) is 17.8. The molecule has 168 valence electrons. The number of fused-ring (bicyclic) bond motifs is 2. The molecule has 0 amide bonds. The molecule has 8 heteroatoms. The van der Waals surface area contributed by atoms with Crippen molar-refractivity contribution in [2.75, 3.05) is 5.73 Å². The number of aliphatic hydroxyl groups is 1. The molecule has 2 fully saturated rings. The van der Waals surface area contributed by atoms with Gasteiger partial charge in [-0.15, -0.1) is 0 Å². The maximum absolute atomic E-state index is 11.8. The Morgan fingerprint density at radius 2 is 1.61 bits per heavy atom. The highest BCUT2D eigenvalue weighted by Gasteiger charge is 2.72. The van der Waals surface area contributed by atoms with Crippen LogP contribution in [0, 0.1) is 5.92 Å². The highest BCUT2D eigenvalue weighted by atomic mass is 16.7. The van der Waals surface area contributed by atoms with Gasteiger partial charge in [0.25, 0.3) is 0 Å². The van der Waals surface area contributed by atoms with E-state index in [9.17, 15) is 5.11 Å². The molecule has 0 bridgehead atoms. The van der Waals surface area contributed by atoms with Crippen LogP contribution in [0.5, 0.6) is 0 Å². The molecular weight excluding hydrogens is 420 g/mol. The van der Waals surface area contributed by atoms with Crippen LogP contribution in [0.2, 0.25) is 0 Å². The number of benzene rings is 2. The van der Waals surface area contributed by atoms with Gasteiger partial charge in [0.15, 0.2) is 5.82 Å². The highest BCUT2D eigenvalue weighted by Crippen LogP contribution is 2.57. The predicted octanol–water partition coefficient (Wildman–Crippen LogP) is 2.66. The van der Waals surface area contributed by atoms with Gasteiger partial charge in [-0.3, -0.25) is 0 Å². The number of anilines is 1. The first kappa shape index (κ1) is 20.3. The summed E-state index contributed by atoms with van der Waals surface area (Å²) < 4.78 is 20.2. The zero-order chi connectivity index (χ0) is 22.4. The fourth-order valence-corrected chi connectivity index (χ4v) is 4.69. The number of nitrogen functional groups attached to an aromatic ring is 1. The van der Waals surface area contributed by atoms with Crippen LogP contribution in [0.4, 0.5) is 5.82 Å². The van der Waals surface area contributed by atoms with E-state index in [1.165, 1.54) is 6.33 Å². The van der Waals surface area contributed by atoms with Crippen molar-refractivity contribution >= 4 is 11.3 Å². The quantitative estimate of drug-likeness (QED) is 0.452. The van der Waals surface area contributed by atoms with Crippen LogP contribution in [0.15, 0.2) is 79.1 Å². The van der Waals surface area contributed by atoms with Crippen LogP contribution in [0.25, 0.3) is 5.52 Å². The molecular formula is C25H24N4O4. The molecule has 1 saturated heterocycles. The molecule has 3 unspecified atom stereocenters. The van der Waals surface area contributed by atoms with Crippen LogP contribution in [0.1, 0.15) is 16.8 Å². The second kappa shape index (κ2) is 7.93. The van der Waals surface area contributed by atoms with Crippen LogP contribution >= 0.6 is 0 Å². The predicted molar refractivity (Wildman–Crippen MR) is 120 cm³/mol. The Labute approximate surface area is 190 Å². The molecule has 2 aliphatic rings. The summed E-state index contributed by atoms with van der Waals surface area (Å²) in [5, 5.41) is 16.0. The lowest BCUT2D eigenvalue weighted by atomic mass is 10.0. The van der Waals surface area contributed by atoms with Crippen molar-refractivity contribution in [3.63, 3.8) is 0 Å². The van der Waals surface area contributed by atoms with Gasteiger partial charge < -0.3 is 25.1 Å². The third kappa shape index (κ3) is 3.48. The van der Waals surface area contributed by atoms with E-state index in [0.29, 0.717) is 30.2 Å². The van der Waals surface area contributed by atoms with Crippen molar-refractivity contribution in [1.82, 2.24) is 14.6 Å². The molecule has 3 N–H and O–H groups in total. The lowest BCUT2D eigenvalue weighted by molar-refractivity contribution is -0.269. The van der Waals surface area contributed by atoms with Crippen molar-refractivity contribution in [3.8, 4) is 0 Å². The van der Waals surface area contributed by atoms with Crippen molar-refractivity contribution in [2.45, 2.75) is 37.3 Å². The fourth-order valence-electron chi connectivity index (χ4n) is 4.69. The first-order valence-corrected chi connectivity index (χ1v) is 10.9. The van der Waals surface area contributed by atoms with E-state index in [2.05, 4.69) is 10.1 Å². The van der Waals surface area contributed by atoms with Gasteiger partial charge in [0, 0.05) is 5.92 Å². The fraction of sp³-hybridized carbons (Fsp3) is 0.280. The van der Waals surface area contributed by atoms with E-state index in [1.807, 2.05) is 60.7 Å². The molecule has 2 aromatic carbocycles. The number of rotatable bonds is 7. The van der Waals surface area contributed by atoms with Crippen LogP contribution in [0.3, 0.4) is 0 Å². The van der Waals surface area contributed by atoms with E-state index in [1.54, 1.807) is 16.6 Å². The van der Waals surface area contributed by atoms with Crippen LogP contribution < -0.4 is 5.73 Å². The molecule has 33 heavy (non-hydrogen) atoms. The minimum atomic E-state index is -1.69. The van der Waals surface area contributed by atoms with E-state index in [4.69, 9.17) is 19.9 Å². The largest absolute Gasteiger partial charge is 0.382 e. The summed E-state index contributed by atoms with van der Waals surface area (Å²) in [5.41, 5.74) is 9.14. The highest BCUT2D eigenvalue weighted by molar-refractivity contribution is 5.65. The van der Waals surface area contributed by atoms with Gasteiger partial charge in [-0.2, -0.15) is 5.10 Å². The van der Waals surface area contributed by atoms with Crippen LogP contribution in [-0.4, -0.2) is 38.0 Å².